The highest BCUT2D eigenvalue weighted by atomic mass is 35.5. The fourth-order valence-electron chi connectivity index (χ4n) is 1.71. The lowest BCUT2D eigenvalue weighted by Crippen LogP contribution is -2.29. The minimum absolute atomic E-state index is 0.313. The first-order valence-electron chi connectivity index (χ1n) is 6.38. The van der Waals surface area contributed by atoms with Gasteiger partial charge in [0, 0.05) is 11.9 Å². The molecule has 0 radical (unpaired) electrons. The molecule has 0 aliphatic heterocycles. The number of nitrogens with one attached hydrogen (secondary N) is 2. The molecule has 1 aromatic carbocycles. The summed E-state index contributed by atoms with van der Waals surface area (Å²) >= 11 is 5.95. The summed E-state index contributed by atoms with van der Waals surface area (Å²) in [6, 6.07) is 8.12. The van der Waals surface area contributed by atoms with Crippen molar-refractivity contribution in [3.05, 3.63) is 47.1 Å². The highest BCUT2D eigenvalue weighted by molar-refractivity contribution is 6.43. The number of ether oxygens (including phenoxy) is 1. The summed E-state index contributed by atoms with van der Waals surface area (Å²) in [4.78, 5) is 27.6. The number of pyridine rings is 1. The molecule has 0 unspecified atom stereocenters. The maximum atomic E-state index is 11.8. The van der Waals surface area contributed by atoms with Gasteiger partial charge in [0.1, 0.15) is 11.6 Å². The molecule has 22 heavy (non-hydrogen) atoms. The summed E-state index contributed by atoms with van der Waals surface area (Å²) in [5.41, 5.74) is 1.32. The van der Waals surface area contributed by atoms with E-state index in [1.165, 1.54) is 13.2 Å². The van der Waals surface area contributed by atoms with E-state index in [9.17, 15) is 9.59 Å². The standard InChI is InChI=1S/C15H14ClN3O3/c1-9-5-6-17-13(7-9)19-15(21)14(20)18-10-3-4-12(22-2)11(16)8-10/h3-8H,1-2H3,(H,18,20)(H,17,19,21). The van der Waals surface area contributed by atoms with E-state index in [1.54, 1.807) is 30.5 Å². The van der Waals surface area contributed by atoms with Crippen molar-refractivity contribution in [3.8, 4) is 5.75 Å². The predicted molar refractivity (Wildman–Crippen MR) is 84.2 cm³/mol. The maximum absolute atomic E-state index is 11.8. The third-order valence-electron chi connectivity index (χ3n) is 2.77. The van der Waals surface area contributed by atoms with Gasteiger partial charge in [-0.15, -0.1) is 0 Å². The Hall–Kier alpha value is -2.60. The van der Waals surface area contributed by atoms with Crippen molar-refractivity contribution in [3.63, 3.8) is 0 Å². The Kier molecular flexibility index (Phi) is 4.95. The van der Waals surface area contributed by atoms with Crippen molar-refractivity contribution >= 4 is 34.9 Å². The Morgan fingerprint density at radius 2 is 1.86 bits per heavy atom. The van der Waals surface area contributed by atoms with Crippen molar-refractivity contribution in [2.75, 3.05) is 17.7 Å². The number of methoxy groups -OCH3 is 1. The Balaban J connectivity index is 2.02. The lowest BCUT2D eigenvalue weighted by Gasteiger charge is -2.08. The SMILES string of the molecule is COc1ccc(NC(=O)C(=O)Nc2cc(C)ccn2)cc1Cl. The number of carbonyl (C=O) groups excluding carboxylic acids is 2. The molecule has 0 bridgehead atoms. The second-order valence-corrected chi connectivity index (χ2v) is 4.88. The Bertz CT molecular complexity index is 719. The second kappa shape index (κ2) is 6.91. The lowest BCUT2D eigenvalue weighted by molar-refractivity contribution is -0.133. The van der Waals surface area contributed by atoms with Crippen LogP contribution in [0.4, 0.5) is 11.5 Å². The van der Waals surface area contributed by atoms with Gasteiger partial charge in [-0.1, -0.05) is 11.6 Å². The van der Waals surface area contributed by atoms with E-state index in [4.69, 9.17) is 16.3 Å². The van der Waals surface area contributed by atoms with Crippen LogP contribution in [-0.4, -0.2) is 23.9 Å². The second-order valence-electron chi connectivity index (χ2n) is 4.48. The molecule has 0 spiro atoms. The molecule has 2 aromatic rings. The van der Waals surface area contributed by atoms with Gasteiger partial charge in [0.2, 0.25) is 0 Å². The molecule has 2 N–H and O–H groups in total. The Morgan fingerprint density at radius 1 is 1.14 bits per heavy atom. The van der Waals surface area contributed by atoms with Crippen LogP contribution in [0.5, 0.6) is 5.75 Å². The summed E-state index contributed by atoms with van der Waals surface area (Å²) in [5.74, 6) is -0.837. The number of benzene rings is 1. The number of hydrogen-bond acceptors (Lipinski definition) is 4. The van der Waals surface area contributed by atoms with Crippen molar-refractivity contribution < 1.29 is 14.3 Å². The van der Waals surface area contributed by atoms with Gasteiger partial charge in [-0.05, 0) is 42.8 Å². The van der Waals surface area contributed by atoms with Gasteiger partial charge in [-0.2, -0.15) is 0 Å². The molecule has 7 heteroatoms. The summed E-state index contributed by atoms with van der Waals surface area (Å²) in [7, 11) is 1.49. The van der Waals surface area contributed by atoms with Crippen molar-refractivity contribution in [1.29, 1.82) is 0 Å². The van der Waals surface area contributed by atoms with E-state index in [1.807, 2.05) is 6.92 Å². The molecule has 0 saturated carbocycles. The number of halogens is 1. The van der Waals surface area contributed by atoms with E-state index in [-0.39, 0.29) is 0 Å². The minimum Gasteiger partial charge on any atom is -0.495 e. The van der Waals surface area contributed by atoms with Gasteiger partial charge in [0.05, 0.1) is 12.1 Å². The predicted octanol–water partition coefficient (Wildman–Crippen LogP) is 2.63. The third kappa shape index (κ3) is 3.95. The average molecular weight is 320 g/mol. The molecule has 6 nitrogen and oxygen atoms in total. The van der Waals surface area contributed by atoms with Gasteiger partial charge in [0.25, 0.3) is 0 Å². The van der Waals surface area contributed by atoms with Crippen LogP contribution < -0.4 is 15.4 Å². The van der Waals surface area contributed by atoms with Crippen molar-refractivity contribution in [2.24, 2.45) is 0 Å². The molecule has 0 fully saturated rings. The van der Waals surface area contributed by atoms with Gasteiger partial charge in [-0.3, -0.25) is 9.59 Å². The number of aryl methyl sites for hydroxylation is 1. The van der Waals surface area contributed by atoms with E-state index >= 15 is 0 Å². The van der Waals surface area contributed by atoms with E-state index in [0.29, 0.717) is 22.3 Å². The summed E-state index contributed by atoms with van der Waals surface area (Å²) in [6.45, 7) is 1.86. The molecule has 1 heterocycles. The maximum Gasteiger partial charge on any atom is 0.315 e. The zero-order valence-corrected chi connectivity index (χ0v) is 12.8. The topological polar surface area (TPSA) is 80.3 Å². The van der Waals surface area contributed by atoms with Crippen LogP contribution in [0, 0.1) is 6.92 Å². The summed E-state index contributed by atoms with van der Waals surface area (Å²) in [5, 5.41) is 5.20. The number of hydrogen-bond donors (Lipinski definition) is 2. The number of amides is 2. The molecule has 1 aromatic heterocycles. The van der Waals surface area contributed by atoms with Crippen LogP contribution in [0.3, 0.4) is 0 Å². The highest BCUT2D eigenvalue weighted by Crippen LogP contribution is 2.27. The zero-order chi connectivity index (χ0) is 16.1. The largest absolute Gasteiger partial charge is 0.495 e. The number of carbonyl (C=O) groups is 2. The van der Waals surface area contributed by atoms with Crippen molar-refractivity contribution in [2.45, 2.75) is 6.92 Å². The van der Waals surface area contributed by atoms with Crippen LogP contribution in [0.15, 0.2) is 36.5 Å². The Morgan fingerprint density at radius 3 is 2.50 bits per heavy atom. The van der Waals surface area contributed by atoms with Gasteiger partial charge >= 0.3 is 11.8 Å². The van der Waals surface area contributed by atoms with Gasteiger partial charge in [0.15, 0.2) is 0 Å². The first-order chi connectivity index (χ1) is 10.5. The van der Waals surface area contributed by atoms with Crippen LogP contribution in [-0.2, 0) is 9.59 Å². The van der Waals surface area contributed by atoms with Crippen LogP contribution >= 0.6 is 11.6 Å². The fraction of sp³-hybridized carbons (Fsp3) is 0.133. The number of nitrogens with zero attached hydrogens (tertiary/aromatic N) is 1. The third-order valence-corrected chi connectivity index (χ3v) is 3.07. The number of rotatable bonds is 3. The monoisotopic (exact) mass is 319 g/mol. The molecule has 0 saturated heterocycles. The van der Waals surface area contributed by atoms with Gasteiger partial charge < -0.3 is 15.4 Å². The summed E-state index contributed by atoms with van der Waals surface area (Å²) in [6.07, 6.45) is 1.55. The smallest absolute Gasteiger partial charge is 0.315 e. The molecular weight excluding hydrogens is 306 g/mol. The molecule has 0 aliphatic carbocycles. The number of anilines is 2. The van der Waals surface area contributed by atoms with Gasteiger partial charge in [-0.25, -0.2) is 4.98 Å². The first kappa shape index (κ1) is 15.8. The zero-order valence-electron chi connectivity index (χ0n) is 12.0. The van der Waals surface area contributed by atoms with E-state index < -0.39 is 11.8 Å². The molecule has 2 rings (SSSR count). The molecule has 0 atom stereocenters. The molecule has 0 aliphatic rings. The minimum atomic E-state index is -0.815. The average Bonchev–Trinajstić information content (AvgIpc) is 2.47. The normalized spacial score (nSPS) is 9.95. The molecule has 114 valence electrons. The van der Waals surface area contributed by atoms with Crippen LogP contribution in [0.2, 0.25) is 5.02 Å². The lowest BCUT2D eigenvalue weighted by atomic mass is 10.3. The summed E-state index contributed by atoms with van der Waals surface area (Å²) < 4.78 is 5.01. The van der Waals surface area contributed by atoms with Crippen LogP contribution in [0.25, 0.3) is 0 Å². The van der Waals surface area contributed by atoms with Crippen LogP contribution in [0.1, 0.15) is 5.56 Å². The van der Waals surface area contributed by atoms with E-state index in [2.05, 4.69) is 15.6 Å². The van der Waals surface area contributed by atoms with Crippen molar-refractivity contribution in [1.82, 2.24) is 4.98 Å². The van der Waals surface area contributed by atoms with E-state index in [0.717, 1.165) is 5.56 Å². The molecule has 2 amide bonds. The quantitative estimate of drug-likeness (QED) is 0.852. The fourth-order valence-corrected chi connectivity index (χ4v) is 1.97. The number of aromatic nitrogens is 1. The first-order valence-corrected chi connectivity index (χ1v) is 6.76. The molecular formula is C15H14ClN3O3. The Labute approximate surface area is 132 Å². The highest BCUT2D eigenvalue weighted by Gasteiger charge is 2.15.